The van der Waals surface area contributed by atoms with Crippen LogP contribution in [0.5, 0.6) is 28.7 Å². The van der Waals surface area contributed by atoms with Crippen molar-refractivity contribution in [1.29, 1.82) is 0 Å². The summed E-state index contributed by atoms with van der Waals surface area (Å²) < 4.78 is 33.5. The number of methoxy groups -OCH3 is 2. The molecule has 12 nitrogen and oxygen atoms in total. The van der Waals surface area contributed by atoms with E-state index < -0.39 is 0 Å². The van der Waals surface area contributed by atoms with Crippen LogP contribution in [0.2, 0.25) is 0 Å². The van der Waals surface area contributed by atoms with Crippen molar-refractivity contribution in [3.63, 3.8) is 0 Å². The molecular formula is C50H51N5O7. The Labute approximate surface area is 362 Å². The Morgan fingerprint density at radius 1 is 0.403 bits per heavy atom. The number of carbonyl (C=O) groups is 1. The molecule has 12 heteroatoms. The maximum absolute atomic E-state index is 12.6. The fourth-order valence-corrected chi connectivity index (χ4v) is 5.81. The van der Waals surface area contributed by atoms with E-state index in [-0.39, 0.29) is 5.97 Å². The Kier molecular flexibility index (Phi) is 17.6. The molecule has 0 atom stereocenters. The Hall–Kier alpha value is -7.34. The third-order valence-corrected chi connectivity index (χ3v) is 9.34. The minimum Gasteiger partial charge on any atom is -0.497 e. The standard InChI is InChI=1S/C50H51N5O7/c1-57-45-25-15-41(16-26-45)52-54-43-19-29-48(30-20-43)59-33-5-3-4-6-36-62-50(56)39-11-13-40(14-12-39)51-37-38-9-23-47(24-10-38)60-34-7-8-35-61-49-31-21-44(22-32-49)55-53-42-17-27-46(58-2)28-18-42/h9-32,37H,3-8,33-36H2,1-2H3. The highest BCUT2D eigenvalue weighted by molar-refractivity contribution is 5.90. The quantitative estimate of drug-likeness (QED) is 0.0256. The van der Waals surface area contributed by atoms with Gasteiger partial charge in [0.1, 0.15) is 28.7 Å². The fourth-order valence-electron chi connectivity index (χ4n) is 5.81. The van der Waals surface area contributed by atoms with Crippen LogP contribution in [-0.2, 0) is 4.74 Å². The molecule has 0 aliphatic heterocycles. The predicted molar refractivity (Wildman–Crippen MR) is 242 cm³/mol. The topological polar surface area (TPSA) is 134 Å². The molecule has 0 aromatic heterocycles. The lowest BCUT2D eigenvalue weighted by atomic mass is 10.2. The van der Waals surface area contributed by atoms with Crippen molar-refractivity contribution < 1.29 is 33.2 Å². The van der Waals surface area contributed by atoms with E-state index in [1.54, 1.807) is 44.7 Å². The minimum absolute atomic E-state index is 0.338. The van der Waals surface area contributed by atoms with Crippen molar-refractivity contribution in [2.75, 3.05) is 40.6 Å². The molecule has 0 aliphatic rings. The molecular weight excluding hydrogens is 783 g/mol. The lowest BCUT2D eigenvalue weighted by Crippen LogP contribution is -2.06. The van der Waals surface area contributed by atoms with Gasteiger partial charge in [0.15, 0.2) is 0 Å². The van der Waals surface area contributed by atoms with Crippen molar-refractivity contribution in [3.8, 4) is 28.7 Å². The first-order chi connectivity index (χ1) is 30.5. The number of ether oxygens (including phenoxy) is 6. The molecule has 6 rings (SSSR count). The summed E-state index contributed by atoms with van der Waals surface area (Å²) in [6.07, 6.45) is 7.12. The lowest BCUT2D eigenvalue weighted by molar-refractivity contribution is 0.0497. The first kappa shape index (κ1) is 44.2. The molecule has 0 N–H and O–H groups in total. The van der Waals surface area contributed by atoms with Crippen LogP contribution in [0.15, 0.2) is 171 Å². The van der Waals surface area contributed by atoms with Crippen molar-refractivity contribution in [2.24, 2.45) is 25.4 Å². The van der Waals surface area contributed by atoms with Gasteiger partial charge in [-0.25, -0.2) is 4.79 Å². The Morgan fingerprint density at radius 3 is 1.15 bits per heavy atom. The van der Waals surface area contributed by atoms with Gasteiger partial charge in [0, 0.05) is 6.21 Å². The van der Waals surface area contributed by atoms with Crippen molar-refractivity contribution in [1.82, 2.24) is 0 Å². The number of hydrogen-bond acceptors (Lipinski definition) is 12. The van der Waals surface area contributed by atoms with Gasteiger partial charge in [-0.05, 0) is 190 Å². The van der Waals surface area contributed by atoms with Gasteiger partial charge in [-0.3, -0.25) is 4.99 Å². The van der Waals surface area contributed by atoms with Gasteiger partial charge in [-0.2, -0.15) is 20.5 Å². The van der Waals surface area contributed by atoms with Gasteiger partial charge in [-0.1, -0.05) is 0 Å². The third-order valence-electron chi connectivity index (χ3n) is 9.34. The molecule has 0 fully saturated rings. The van der Waals surface area contributed by atoms with E-state index in [2.05, 4.69) is 25.4 Å². The Bertz CT molecular complexity index is 2310. The molecule has 0 bridgehead atoms. The summed E-state index contributed by atoms with van der Waals surface area (Å²) in [5.74, 6) is 3.59. The van der Waals surface area contributed by atoms with Crippen molar-refractivity contribution in [3.05, 3.63) is 157 Å². The lowest BCUT2D eigenvalue weighted by Gasteiger charge is -2.08. The average molecular weight is 834 g/mol. The van der Waals surface area contributed by atoms with Crippen LogP contribution in [0.25, 0.3) is 0 Å². The highest BCUT2D eigenvalue weighted by atomic mass is 16.5. The van der Waals surface area contributed by atoms with E-state index in [0.29, 0.717) is 32.0 Å². The smallest absolute Gasteiger partial charge is 0.338 e. The maximum atomic E-state index is 12.6. The normalized spacial score (nSPS) is 11.3. The summed E-state index contributed by atoms with van der Waals surface area (Å²) in [4.78, 5) is 17.1. The van der Waals surface area contributed by atoms with Gasteiger partial charge in [-0.15, -0.1) is 0 Å². The van der Waals surface area contributed by atoms with E-state index in [9.17, 15) is 4.79 Å². The molecule has 6 aromatic carbocycles. The number of esters is 1. The SMILES string of the molecule is COc1ccc(N=Nc2ccc(OCCCCCCOC(=O)c3ccc(N=Cc4ccc(OCCCCOc5ccc(N=Nc6ccc(OC)cc6)cc5)cc4)cc3)cc2)cc1. The van der Waals surface area contributed by atoms with E-state index in [1.807, 2.05) is 121 Å². The Balaban J connectivity index is 0.780. The molecule has 0 unspecified atom stereocenters. The van der Waals surface area contributed by atoms with Crippen LogP contribution in [-0.4, -0.2) is 52.8 Å². The first-order valence-corrected chi connectivity index (χ1v) is 20.6. The molecule has 0 heterocycles. The first-order valence-electron chi connectivity index (χ1n) is 20.6. The highest BCUT2D eigenvalue weighted by Gasteiger charge is 2.07. The van der Waals surface area contributed by atoms with Crippen LogP contribution in [0.4, 0.5) is 28.4 Å². The molecule has 6 aromatic rings. The second kappa shape index (κ2) is 24.7. The van der Waals surface area contributed by atoms with Crippen molar-refractivity contribution >= 4 is 40.6 Å². The highest BCUT2D eigenvalue weighted by Crippen LogP contribution is 2.25. The summed E-state index contributed by atoms with van der Waals surface area (Å²) in [6.45, 7) is 2.16. The summed E-state index contributed by atoms with van der Waals surface area (Å²) in [6, 6.07) is 44.7. The zero-order chi connectivity index (χ0) is 43.0. The monoisotopic (exact) mass is 833 g/mol. The number of aliphatic imine (C=N–C) groups is 1. The number of hydrogen-bond donors (Lipinski definition) is 0. The zero-order valence-electron chi connectivity index (χ0n) is 35.1. The summed E-state index contributed by atoms with van der Waals surface area (Å²) in [5, 5.41) is 17.1. The predicted octanol–water partition coefficient (Wildman–Crippen LogP) is 13.3. The molecule has 318 valence electrons. The van der Waals surface area contributed by atoms with Crippen molar-refractivity contribution in [2.45, 2.75) is 38.5 Å². The largest absolute Gasteiger partial charge is 0.497 e. The third kappa shape index (κ3) is 15.4. The second-order valence-corrected chi connectivity index (χ2v) is 14.0. The number of azo groups is 2. The summed E-state index contributed by atoms with van der Waals surface area (Å²) in [7, 11) is 3.26. The van der Waals surface area contributed by atoms with Gasteiger partial charge in [0.2, 0.25) is 0 Å². The van der Waals surface area contributed by atoms with Crippen LogP contribution >= 0.6 is 0 Å². The van der Waals surface area contributed by atoms with Crippen LogP contribution in [0.3, 0.4) is 0 Å². The number of benzene rings is 6. The molecule has 0 radical (unpaired) electrons. The van der Waals surface area contributed by atoms with Crippen LogP contribution in [0, 0.1) is 0 Å². The summed E-state index contributed by atoms with van der Waals surface area (Å²) in [5.41, 5.74) is 5.17. The number of nitrogens with zero attached hydrogens (tertiary/aromatic N) is 5. The molecule has 0 saturated heterocycles. The second-order valence-electron chi connectivity index (χ2n) is 14.0. The maximum Gasteiger partial charge on any atom is 0.338 e. The van der Waals surface area contributed by atoms with Gasteiger partial charge < -0.3 is 28.4 Å². The summed E-state index contributed by atoms with van der Waals surface area (Å²) >= 11 is 0. The number of rotatable bonds is 24. The molecule has 0 spiro atoms. The van der Waals surface area contributed by atoms with Gasteiger partial charge in [0.25, 0.3) is 0 Å². The van der Waals surface area contributed by atoms with E-state index >= 15 is 0 Å². The van der Waals surface area contributed by atoms with Crippen LogP contribution in [0.1, 0.15) is 54.4 Å². The van der Waals surface area contributed by atoms with E-state index in [4.69, 9.17) is 28.4 Å². The average Bonchev–Trinajstić information content (AvgIpc) is 3.33. The molecule has 0 amide bonds. The van der Waals surface area contributed by atoms with Gasteiger partial charge in [0.05, 0.1) is 74.6 Å². The number of unbranched alkanes of at least 4 members (excludes halogenated alkanes) is 4. The molecule has 62 heavy (non-hydrogen) atoms. The van der Waals surface area contributed by atoms with E-state index in [1.165, 1.54) is 0 Å². The zero-order valence-corrected chi connectivity index (χ0v) is 35.1. The van der Waals surface area contributed by atoms with E-state index in [0.717, 1.165) is 101 Å². The van der Waals surface area contributed by atoms with Gasteiger partial charge >= 0.3 is 5.97 Å². The Morgan fingerprint density at radius 2 is 0.742 bits per heavy atom. The fraction of sp³-hybridized carbons (Fsp3) is 0.240. The molecule has 0 aliphatic carbocycles. The van der Waals surface area contributed by atoms with Crippen LogP contribution < -0.4 is 23.7 Å². The minimum atomic E-state index is -0.338. The molecule has 0 saturated carbocycles. The number of carbonyl (C=O) groups excluding carboxylic acids is 1.